The number of aromatic hydroxyl groups is 1. The Bertz CT molecular complexity index is 604. The van der Waals surface area contributed by atoms with Gasteiger partial charge in [0, 0.05) is 12.0 Å². The Morgan fingerprint density at radius 1 is 1.10 bits per heavy atom. The number of carbonyl (C=O) groups is 1. The van der Waals surface area contributed by atoms with Crippen molar-refractivity contribution in [3.05, 3.63) is 58.7 Å². The van der Waals surface area contributed by atoms with Crippen LogP contribution in [-0.4, -0.2) is 18.0 Å². The molecule has 0 saturated carbocycles. The van der Waals surface area contributed by atoms with E-state index in [4.69, 9.17) is 4.74 Å². The van der Waals surface area contributed by atoms with E-state index in [2.05, 4.69) is 0 Å². The third kappa shape index (κ3) is 2.99. The zero-order valence-electron chi connectivity index (χ0n) is 11.9. The van der Waals surface area contributed by atoms with Crippen molar-refractivity contribution in [2.24, 2.45) is 0 Å². The summed E-state index contributed by atoms with van der Waals surface area (Å²) < 4.78 is 5.09. The zero-order chi connectivity index (χ0) is 14.7. The molecule has 0 unspecified atom stereocenters. The van der Waals surface area contributed by atoms with Crippen LogP contribution < -0.4 is 4.74 Å². The standard InChI is InChI=1S/C17H18O3/c1-11-8-14(9-12(2)17(11)19)16(18)10-13-4-6-15(20-3)7-5-13/h4-9,19H,10H2,1-3H3. The van der Waals surface area contributed by atoms with Crippen molar-refractivity contribution in [3.63, 3.8) is 0 Å². The van der Waals surface area contributed by atoms with Crippen molar-refractivity contribution in [1.29, 1.82) is 0 Å². The topological polar surface area (TPSA) is 46.5 Å². The predicted molar refractivity (Wildman–Crippen MR) is 78.6 cm³/mol. The SMILES string of the molecule is COc1ccc(CC(=O)c2cc(C)c(O)c(C)c2)cc1. The fraction of sp³-hybridized carbons (Fsp3) is 0.235. The van der Waals surface area contributed by atoms with E-state index in [9.17, 15) is 9.90 Å². The van der Waals surface area contributed by atoms with E-state index in [1.54, 1.807) is 33.1 Å². The highest BCUT2D eigenvalue weighted by atomic mass is 16.5. The number of Topliss-reactive ketones (excluding diaryl/α,β-unsaturated/α-hetero) is 1. The molecule has 3 heteroatoms. The molecule has 20 heavy (non-hydrogen) atoms. The third-order valence-electron chi connectivity index (χ3n) is 3.34. The van der Waals surface area contributed by atoms with Crippen LogP contribution in [0, 0.1) is 13.8 Å². The summed E-state index contributed by atoms with van der Waals surface area (Å²) in [6, 6.07) is 10.9. The van der Waals surface area contributed by atoms with Gasteiger partial charge in [0.15, 0.2) is 5.78 Å². The number of benzene rings is 2. The first-order valence-electron chi connectivity index (χ1n) is 6.47. The van der Waals surface area contributed by atoms with Gasteiger partial charge in [0.2, 0.25) is 0 Å². The second-order valence-electron chi connectivity index (χ2n) is 4.91. The molecule has 0 heterocycles. The molecule has 0 radical (unpaired) electrons. The highest BCUT2D eigenvalue weighted by molar-refractivity contribution is 5.98. The van der Waals surface area contributed by atoms with Gasteiger partial charge in [-0.2, -0.15) is 0 Å². The minimum absolute atomic E-state index is 0.0429. The average molecular weight is 270 g/mol. The maximum atomic E-state index is 12.3. The number of carbonyl (C=O) groups excluding carboxylic acids is 1. The van der Waals surface area contributed by atoms with Gasteiger partial charge < -0.3 is 9.84 Å². The van der Waals surface area contributed by atoms with Gasteiger partial charge >= 0.3 is 0 Å². The lowest BCUT2D eigenvalue weighted by atomic mass is 9.99. The summed E-state index contributed by atoms with van der Waals surface area (Å²) in [7, 11) is 1.61. The fourth-order valence-electron chi connectivity index (χ4n) is 2.15. The quantitative estimate of drug-likeness (QED) is 0.866. The molecule has 2 aromatic rings. The van der Waals surface area contributed by atoms with Crippen LogP contribution in [0.25, 0.3) is 0 Å². The number of aryl methyl sites for hydroxylation is 2. The summed E-state index contributed by atoms with van der Waals surface area (Å²) >= 11 is 0. The van der Waals surface area contributed by atoms with Crippen LogP contribution in [0.5, 0.6) is 11.5 Å². The molecule has 0 saturated heterocycles. The first-order valence-corrected chi connectivity index (χ1v) is 6.47. The molecular formula is C17H18O3. The Hall–Kier alpha value is -2.29. The molecule has 0 aliphatic heterocycles. The molecule has 0 atom stereocenters. The molecule has 0 aromatic heterocycles. The monoisotopic (exact) mass is 270 g/mol. The van der Waals surface area contributed by atoms with Crippen molar-refractivity contribution in [2.75, 3.05) is 7.11 Å². The third-order valence-corrected chi connectivity index (χ3v) is 3.34. The number of phenolic OH excluding ortho intramolecular Hbond substituents is 1. The van der Waals surface area contributed by atoms with Gasteiger partial charge in [-0.1, -0.05) is 12.1 Å². The van der Waals surface area contributed by atoms with Crippen LogP contribution in [0.2, 0.25) is 0 Å². The number of rotatable bonds is 4. The van der Waals surface area contributed by atoms with Gasteiger partial charge in [0.25, 0.3) is 0 Å². The summed E-state index contributed by atoms with van der Waals surface area (Å²) in [5, 5.41) is 9.73. The number of methoxy groups -OCH3 is 1. The zero-order valence-corrected chi connectivity index (χ0v) is 11.9. The van der Waals surface area contributed by atoms with Crippen molar-refractivity contribution in [3.8, 4) is 11.5 Å². The Balaban J connectivity index is 2.19. The first-order chi connectivity index (χ1) is 9.51. The molecule has 2 rings (SSSR count). The number of ketones is 1. The van der Waals surface area contributed by atoms with E-state index in [1.165, 1.54) is 0 Å². The average Bonchev–Trinajstić information content (AvgIpc) is 2.45. The largest absolute Gasteiger partial charge is 0.507 e. The maximum absolute atomic E-state index is 12.3. The smallest absolute Gasteiger partial charge is 0.167 e. The van der Waals surface area contributed by atoms with Gasteiger partial charge in [0.05, 0.1) is 7.11 Å². The van der Waals surface area contributed by atoms with E-state index >= 15 is 0 Å². The second-order valence-corrected chi connectivity index (χ2v) is 4.91. The van der Waals surface area contributed by atoms with E-state index in [1.807, 2.05) is 24.3 Å². The summed E-state index contributed by atoms with van der Waals surface area (Å²) in [5.41, 5.74) is 3.03. The van der Waals surface area contributed by atoms with Crippen molar-refractivity contribution in [2.45, 2.75) is 20.3 Å². The molecule has 0 amide bonds. The van der Waals surface area contributed by atoms with Gasteiger partial charge in [-0.25, -0.2) is 0 Å². The summed E-state index contributed by atoms with van der Waals surface area (Å²) in [6.07, 6.45) is 0.341. The molecule has 0 aliphatic carbocycles. The second kappa shape index (κ2) is 5.78. The molecule has 1 N–H and O–H groups in total. The van der Waals surface area contributed by atoms with Crippen molar-refractivity contribution in [1.82, 2.24) is 0 Å². The van der Waals surface area contributed by atoms with Gasteiger partial charge in [-0.05, 0) is 54.8 Å². The molecule has 0 spiro atoms. The molecule has 0 aliphatic rings. The molecule has 0 fully saturated rings. The molecular weight excluding hydrogens is 252 g/mol. The van der Waals surface area contributed by atoms with Gasteiger partial charge in [-0.3, -0.25) is 4.79 Å². The van der Waals surface area contributed by atoms with E-state index in [-0.39, 0.29) is 11.5 Å². The summed E-state index contributed by atoms with van der Waals surface area (Å²) in [4.78, 5) is 12.3. The molecule has 104 valence electrons. The maximum Gasteiger partial charge on any atom is 0.167 e. The number of hydrogen-bond acceptors (Lipinski definition) is 3. The van der Waals surface area contributed by atoms with E-state index in [0.29, 0.717) is 12.0 Å². The summed E-state index contributed by atoms with van der Waals surface area (Å²) in [6.45, 7) is 3.60. The van der Waals surface area contributed by atoms with Gasteiger partial charge in [-0.15, -0.1) is 0 Å². The lowest BCUT2D eigenvalue weighted by molar-refractivity contribution is 0.0993. The van der Waals surface area contributed by atoms with Crippen LogP contribution in [0.1, 0.15) is 27.0 Å². The van der Waals surface area contributed by atoms with Crippen LogP contribution in [0.3, 0.4) is 0 Å². The predicted octanol–water partition coefficient (Wildman–Crippen LogP) is 3.44. The minimum Gasteiger partial charge on any atom is -0.507 e. The molecule has 2 aromatic carbocycles. The normalized spacial score (nSPS) is 10.3. The highest BCUT2D eigenvalue weighted by Gasteiger charge is 2.11. The lowest BCUT2D eigenvalue weighted by Gasteiger charge is -2.08. The van der Waals surface area contributed by atoms with E-state index in [0.717, 1.165) is 22.4 Å². The van der Waals surface area contributed by atoms with Crippen molar-refractivity contribution < 1.29 is 14.6 Å². The molecule has 3 nitrogen and oxygen atoms in total. The Morgan fingerprint density at radius 3 is 2.15 bits per heavy atom. The van der Waals surface area contributed by atoms with Crippen LogP contribution in [0.15, 0.2) is 36.4 Å². The highest BCUT2D eigenvalue weighted by Crippen LogP contribution is 2.24. The van der Waals surface area contributed by atoms with Crippen LogP contribution in [0.4, 0.5) is 0 Å². The van der Waals surface area contributed by atoms with Crippen LogP contribution in [-0.2, 0) is 6.42 Å². The Labute approximate surface area is 118 Å². The minimum atomic E-state index is 0.0429. The number of phenols is 1. The summed E-state index contributed by atoms with van der Waals surface area (Å²) in [5.74, 6) is 1.07. The first kappa shape index (κ1) is 14.1. The lowest BCUT2D eigenvalue weighted by Crippen LogP contribution is -2.04. The molecule has 0 bridgehead atoms. The van der Waals surface area contributed by atoms with Crippen molar-refractivity contribution >= 4 is 5.78 Å². The fourth-order valence-corrected chi connectivity index (χ4v) is 2.15. The Morgan fingerprint density at radius 2 is 1.65 bits per heavy atom. The van der Waals surface area contributed by atoms with Crippen LogP contribution >= 0.6 is 0 Å². The van der Waals surface area contributed by atoms with Gasteiger partial charge in [0.1, 0.15) is 11.5 Å². The van der Waals surface area contributed by atoms with E-state index < -0.39 is 0 Å². The number of hydrogen-bond donors (Lipinski definition) is 1. The Kier molecular flexibility index (Phi) is 4.08. The number of ether oxygens (including phenoxy) is 1.